The summed E-state index contributed by atoms with van der Waals surface area (Å²) in [5.41, 5.74) is 0.745. The van der Waals surface area contributed by atoms with Gasteiger partial charge in [0.25, 0.3) is 0 Å². The quantitative estimate of drug-likeness (QED) is 0.753. The van der Waals surface area contributed by atoms with E-state index in [1.165, 1.54) is 51.6 Å². The van der Waals surface area contributed by atoms with E-state index in [4.69, 9.17) is 4.74 Å². The number of hydrogen-bond acceptors (Lipinski definition) is 3. The molecule has 3 heteroatoms. The largest absolute Gasteiger partial charge is 0.379 e. The van der Waals surface area contributed by atoms with Crippen molar-refractivity contribution in [2.75, 3.05) is 32.8 Å². The van der Waals surface area contributed by atoms with Gasteiger partial charge >= 0.3 is 0 Å². The molecule has 3 aliphatic rings. The van der Waals surface area contributed by atoms with Crippen LogP contribution in [0.5, 0.6) is 0 Å². The molecule has 0 aromatic heterocycles. The molecule has 3 fully saturated rings. The van der Waals surface area contributed by atoms with Crippen molar-refractivity contribution in [2.24, 2.45) is 0 Å². The van der Waals surface area contributed by atoms with Crippen LogP contribution in [-0.2, 0) is 4.74 Å². The summed E-state index contributed by atoms with van der Waals surface area (Å²) in [5, 5.41) is 3.82. The van der Waals surface area contributed by atoms with E-state index < -0.39 is 0 Å². The van der Waals surface area contributed by atoms with Gasteiger partial charge in [-0.3, -0.25) is 4.90 Å². The maximum atomic E-state index is 5.63. The van der Waals surface area contributed by atoms with Crippen LogP contribution in [0.15, 0.2) is 0 Å². The highest BCUT2D eigenvalue weighted by Gasteiger charge is 2.43. The van der Waals surface area contributed by atoms with E-state index in [0.29, 0.717) is 11.1 Å². The Morgan fingerprint density at radius 1 is 1.12 bits per heavy atom. The second kappa shape index (κ2) is 4.52. The van der Waals surface area contributed by atoms with Crippen molar-refractivity contribution >= 4 is 0 Å². The van der Waals surface area contributed by atoms with Crippen molar-refractivity contribution in [3.05, 3.63) is 0 Å². The maximum Gasteiger partial charge on any atom is 0.0648 e. The van der Waals surface area contributed by atoms with Gasteiger partial charge in [0, 0.05) is 37.3 Å². The van der Waals surface area contributed by atoms with E-state index in [1.54, 1.807) is 0 Å². The minimum absolute atomic E-state index is 0.312. The van der Waals surface area contributed by atoms with Crippen LogP contribution in [0, 0.1) is 0 Å². The first-order chi connectivity index (χ1) is 8.23. The van der Waals surface area contributed by atoms with Crippen molar-refractivity contribution in [1.29, 1.82) is 0 Å². The Hall–Kier alpha value is -0.120. The number of ether oxygens (including phenoxy) is 1. The zero-order valence-electron chi connectivity index (χ0n) is 11.1. The molecule has 0 aromatic carbocycles. The van der Waals surface area contributed by atoms with Crippen molar-refractivity contribution in [1.82, 2.24) is 10.2 Å². The summed E-state index contributed by atoms with van der Waals surface area (Å²) in [6.45, 7) is 7.88. The van der Waals surface area contributed by atoms with Gasteiger partial charge in [0.2, 0.25) is 0 Å². The van der Waals surface area contributed by atoms with Crippen LogP contribution >= 0.6 is 0 Å². The summed E-state index contributed by atoms with van der Waals surface area (Å²) in [7, 11) is 0. The fourth-order valence-electron chi connectivity index (χ4n) is 3.89. The van der Waals surface area contributed by atoms with E-state index in [9.17, 15) is 0 Å². The van der Waals surface area contributed by atoms with Gasteiger partial charge in [-0.1, -0.05) is 19.3 Å². The summed E-state index contributed by atoms with van der Waals surface area (Å²) in [6, 6.07) is 0. The zero-order chi connectivity index (χ0) is 11.8. The monoisotopic (exact) mass is 238 g/mol. The first-order valence-corrected chi connectivity index (χ1v) is 7.30. The smallest absolute Gasteiger partial charge is 0.0648 e. The Balaban J connectivity index is 1.70. The van der Waals surface area contributed by atoms with Gasteiger partial charge in [0.05, 0.1) is 6.61 Å². The average Bonchev–Trinajstić information content (AvgIpc) is 2.79. The van der Waals surface area contributed by atoms with Crippen LogP contribution in [0.1, 0.15) is 45.4 Å². The fourth-order valence-corrected chi connectivity index (χ4v) is 3.89. The molecule has 1 aliphatic carbocycles. The lowest BCUT2D eigenvalue weighted by atomic mass is 9.79. The first-order valence-electron chi connectivity index (χ1n) is 7.30. The third kappa shape index (κ3) is 2.25. The van der Waals surface area contributed by atoms with Crippen LogP contribution in [0.25, 0.3) is 0 Å². The molecule has 1 saturated carbocycles. The maximum absolute atomic E-state index is 5.63. The van der Waals surface area contributed by atoms with E-state index in [-0.39, 0.29) is 0 Å². The Kier molecular flexibility index (Phi) is 3.18. The topological polar surface area (TPSA) is 24.5 Å². The number of nitrogens with zero attached hydrogens (tertiary/aromatic N) is 1. The van der Waals surface area contributed by atoms with E-state index in [0.717, 1.165) is 19.8 Å². The standard InChI is InChI=1S/C14H26N2O/c1-13(7-10-17-12-13)16-9-8-15-14(11-16)5-3-2-4-6-14/h15H,2-12H2,1H3. The molecule has 17 heavy (non-hydrogen) atoms. The molecule has 1 atom stereocenters. The van der Waals surface area contributed by atoms with Crippen molar-refractivity contribution in [3.63, 3.8) is 0 Å². The molecule has 0 bridgehead atoms. The summed E-state index contributed by atoms with van der Waals surface area (Å²) < 4.78 is 5.63. The molecule has 3 nitrogen and oxygen atoms in total. The third-order valence-corrected chi connectivity index (χ3v) is 5.15. The molecule has 0 amide bonds. The van der Waals surface area contributed by atoms with Gasteiger partial charge in [0.15, 0.2) is 0 Å². The highest BCUT2D eigenvalue weighted by Crippen LogP contribution is 2.35. The number of piperazine rings is 1. The summed E-state index contributed by atoms with van der Waals surface area (Å²) in [6.07, 6.45) is 8.22. The second-order valence-corrected chi connectivity index (χ2v) is 6.49. The van der Waals surface area contributed by atoms with E-state index in [1.807, 2.05) is 0 Å². The molecule has 1 spiro atoms. The number of hydrogen-bond donors (Lipinski definition) is 1. The van der Waals surface area contributed by atoms with Gasteiger partial charge < -0.3 is 10.1 Å². The minimum atomic E-state index is 0.312. The van der Waals surface area contributed by atoms with Crippen LogP contribution in [-0.4, -0.2) is 48.8 Å². The van der Waals surface area contributed by atoms with Gasteiger partial charge in [-0.15, -0.1) is 0 Å². The van der Waals surface area contributed by atoms with E-state index in [2.05, 4.69) is 17.1 Å². The zero-order valence-corrected chi connectivity index (χ0v) is 11.1. The van der Waals surface area contributed by atoms with Crippen molar-refractivity contribution in [2.45, 2.75) is 56.5 Å². The Morgan fingerprint density at radius 2 is 1.94 bits per heavy atom. The first kappa shape index (κ1) is 11.9. The Bertz CT molecular complexity index is 262. The highest BCUT2D eigenvalue weighted by molar-refractivity contribution is 5.02. The van der Waals surface area contributed by atoms with Gasteiger partial charge in [-0.2, -0.15) is 0 Å². The van der Waals surface area contributed by atoms with Gasteiger partial charge in [-0.25, -0.2) is 0 Å². The second-order valence-electron chi connectivity index (χ2n) is 6.49. The molecule has 2 saturated heterocycles. The highest BCUT2D eigenvalue weighted by atomic mass is 16.5. The minimum Gasteiger partial charge on any atom is -0.379 e. The van der Waals surface area contributed by atoms with Crippen molar-refractivity contribution < 1.29 is 4.74 Å². The Morgan fingerprint density at radius 3 is 2.65 bits per heavy atom. The molecule has 0 aromatic rings. The van der Waals surface area contributed by atoms with Gasteiger partial charge in [-0.05, 0) is 26.2 Å². The molecule has 98 valence electrons. The molecule has 2 heterocycles. The predicted molar refractivity (Wildman–Crippen MR) is 69.2 cm³/mol. The number of nitrogens with one attached hydrogen (secondary N) is 1. The van der Waals surface area contributed by atoms with Crippen LogP contribution < -0.4 is 5.32 Å². The van der Waals surface area contributed by atoms with E-state index >= 15 is 0 Å². The average molecular weight is 238 g/mol. The molecule has 3 rings (SSSR count). The van der Waals surface area contributed by atoms with Crippen LogP contribution in [0.3, 0.4) is 0 Å². The molecule has 1 unspecified atom stereocenters. The Labute approximate surface area is 105 Å². The van der Waals surface area contributed by atoms with Crippen LogP contribution in [0.2, 0.25) is 0 Å². The SMILES string of the molecule is CC1(N2CCNC3(CCCCC3)C2)CCOC1. The summed E-state index contributed by atoms with van der Waals surface area (Å²) in [5.74, 6) is 0. The third-order valence-electron chi connectivity index (χ3n) is 5.15. The summed E-state index contributed by atoms with van der Waals surface area (Å²) in [4.78, 5) is 2.71. The lowest BCUT2D eigenvalue weighted by Crippen LogP contribution is -2.65. The lowest BCUT2D eigenvalue weighted by molar-refractivity contribution is 0.0144. The van der Waals surface area contributed by atoms with Crippen LogP contribution in [0.4, 0.5) is 0 Å². The fraction of sp³-hybridized carbons (Fsp3) is 1.00. The summed E-state index contributed by atoms with van der Waals surface area (Å²) >= 11 is 0. The molecular formula is C14H26N2O. The molecule has 0 radical (unpaired) electrons. The van der Waals surface area contributed by atoms with Gasteiger partial charge in [0.1, 0.15) is 0 Å². The van der Waals surface area contributed by atoms with Crippen molar-refractivity contribution in [3.8, 4) is 0 Å². The predicted octanol–water partition coefficient (Wildman–Crippen LogP) is 1.77. The lowest BCUT2D eigenvalue weighted by Gasteiger charge is -2.50. The molecule has 1 N–H and O–H groups in total. The number of rotatable bonds is 1. The normalized spacial score (nSPS) is 38.6. The molecule has 2 aliphatic heterocycles. The molecular weight excluding hydrogens is 212 g/mol.